The van der Waals surface area contributed by atoms with E-state index >= 15 is 0 Å². The standard InChI is InChI=1S/C23H19F4N5OS/c1-28-34(33)17-7-8-20(31-22-9-6-16(11-29-22)23(25,26)27)18(10-17)21-13-32(14-30-21)12-15-4-2-3-5-19(15)24/h2-11,13-14,28H,12H2,1H3,(H,29,31). The van der Waals surface area contributed by atoms with Crippen LogP contribution >= 0.6 is 0 Å². The molecule has 1 unspecified atom stereocenters. The lowest BCUT2D eigenvalue weighted by Gasteiger charge is -2.13. The number of pyridine rings is 1. The van der Waals surface area contributed by atoms with Crippen LogP contribution in [0.15, 0.2) is 78.2 Å². The van der Waals surface area contributed by atoms with Crippen molar-refractivity contribution in [1.29, 1.82) is 0 Å². The zero-order valence-corrected chi connectivity index (χ0v) is 18.6. The molecule has 4 aromatic rings. The van der Waals surface area contributed by atoms with Crippen LogP contribution in [0.1, 0.15) is 11.1 Å². The number of nitrogens with zero attached hydrogens (tertiary/aromatic N) is 3. The number of rotatable bonds is 7. The second-order valence-corrected chi connectivity index (χ2v) is 8.67. The molecule has 11 heteroatoms. The van der Waals surface area contributed by atoms with Gasteiger partial charge < -0.3 is 9.88 Å². The molecule has 2 N–H and O–H groups in total. The largest absolute Gasteiger partial charge is 0.417 e. The van der Waals surface area contributed by atoms with Crippen molar-refractivity contribution in [3.8, 4) is 11.3 Å². The number of anilines is 2. The number of benzene rings is 2. The molecule has 2 aromatic heterocycles. The average Bonchev–Trinajstić information content (AvgIpc) is 3.28. The molecular formula is C23H19F4N5OS. The monoisotopic (exact) mass is 489 g/mol. The molecule has 0 aliphatic carbocycles. The highest BCUT2D eigenvalue weighted by Gasteiger charge is 2.30. The third kappa shape index (κ3) is 5.32. The highest BCUT2D eigenvalue weighted by molar-refractivity contribution is 7.83. The fourth-order valence-electron chi connectivity index (χ4n) is 3.26. The van der Waals surface area contributed by atoms with Crippen LogP contribution in [0.4, 0.5) is 29.1 Å². The summed E-state index contributed by atoms with van der Waals surface area (Å²) in [6.07, 6.45) is -0.487. The van der Waals surface area contributed by atoms with Gasteiger partial charge in [0.2, 0.25) is 0 Å². The van der Waals surface area contributed by atoms with Crippen molar-refractivity contribution in [3.05, 3.63) is 90.3 Å². The van der Waals surface area contributed by atoms with Crippen LogP contribution in [0.2, 0.25) is 0 Å². The smallest absolute Gasteiger partial charge is 0.340 e. The van der Waals surface area contributed by atoms with Gasteiger partial charge in [-0.3, -0.25) is 0 Å². The van der Waals surface area contributed by atoms with Crippen molar-refractivity contribution < 1.29 is 21.8 Å². The minimum absolute atomic E-state index is 0.197. The van der Waals surface area contributed by atoms with Gasteiger partial charge in [-0.15, -0.1) is 0 Å². The zero-order chi connectivity index (χ0) is 24.3. The van der Waals surface area contributed by atoms with Crippen LogP contribution in [0, 0.1) is 5.82 Å². The molecule has 0 saturated heterocycles. The minimum atomic E-state index is -4.49. The van der Waals surface area contributed by atoms with Crippen LogP contribution in [-0.4, -0.2) is 25.8 Å². The van der Waals surface area contributed by atoms with E-state index in [1.165, 1.54) is 12.1 Å². The second kappa shape index (κ2) is 9.74. The summed E-state index contributed by atoms with van der Waals surface area (Å²) in [6, 6.07) is 13.5. The Morgan fingerprint density at radius 3 is 2.53 bits per heavy atom. The van der Waals surface area contributed by atoms with E-state index in [9.17, 15) is 21.8 Å². The summed E-state index contributed by atoms with van der Waals surface area (Å²) in [4.78, 5) is 8.73. The van der Waals surface area contributed by atoms with Crippen molar-refractivity contribution in [2.45, 2.75) is 17.6 Å². The fourth-order valence-corrected chi connectivity index (χ4v) is 3.91. The first kappa shape index (κ1) is 23.6. The Morgan fingerprint density at radius 1 is 1.06 bits per heavy atom. The number of nitrogens with one attached hydrogen (secondary N) is 2. The maximum Gasteiger partial charge on any atom is 0.417 e. The molecule has 0 radical (unpaired) electrons. The van der Waals surface area contributed by atoms with E-state index in [0.717, 1.165) is 12.3 Å². The average molecular weight is 489 g/mol. The van der Waals surface area contributed by atoms with Gasteiger partial charge in [-0.05, 0) is 43.4 Å². The van der Waals surface area contributed by atoms with E-state index < -0.39 is 22.7 Å². The summed E-state index contributed by atoms with van der Waals surface area (Å²) in [6.45, 7) is 0.255. The molecule has 0 spiro atoms. The maximum atomic E-state index is 14.0. The van der Waals surface area contributed by atoms with Crippen LogP contribution < -0.4 is 10.0 Å². The molecule has 34 heavy (non-hydrogen) atoms. The van der Waals surface area contributed by atoms with Crippen LogP contribution in [0.5, 0.6) is 0 Å². The maximum absolute atomic E-state index is 14.0. The third-order valence-corrected chi connectivity index (χ3v) is 6.02. The SMILES string of the molecule is CNS(=O)c1ccc(Nc2ccc(C(F)(F)F)cn2)c(-c2cn(Cc3ccccc3F)cn2)c1. The van der Waals surface area contributed by atoms with E-state index in [-0.39, 0.29) is 18.2 Å². The number of halogens is 4. The van der Waals surface area contributed by atoms with Crippen molar-refractivity contribution in [3.63, 3.8) is 0 Å². The van der Waals surface area contributed by atoms with E-state index in [4.69, 9.17) is 0 Å². The lowest BCUT2D eigenvalue weighted by atomic mass is 10.1. The molecule has 2 heterocycles. The van der Waals surface area contributed by atoms with Crippen molar-refractivity contribution in [1.82, 2.24) is 19.3 Å². The van der Waals surface area contributed by atoms with Gasteiger partial charge in [-0.25, -0.2) is 23.3 Å². The van der Waals surface area contributed by atoms with Crippen LogP contribution in [0.3, 0.4) is 0 Å². The predicted molar refractivity (Wildman–Crippen MR) is 121 cm³/mol. The number of alkyl halides is 3. The summed E-state index contributed by atoms with van der Waals surface area (Å²) < 4.78 is 69.2. The highest BCUT2D eigenvalue weighted by atomic mass is 32.2. The molecule has 2 aromatic carbocycles. The van der Waals surface area contributed by atoms with Crippen molar-refractivity contribution in [2.24, 2.45) is 0 Å². The number of hydrogen-bond donors (Lipinski definition) is 2. The summed E-state index contributed by atoms with van der Waals surface area (Å²) >= 11 is 0. The van der Waals surface area contributed by atoms with Crippen molar-refractivity contribution in [2.75, 3.05) is 12.4 Å². The molecule has 0 saturated carbocycles. The van der Waals surface area contributed by atoms with Crippen molar-refractivity contribution >= 4 is 22.5 Å². The number of aromatic nitrogens is 3. The summed E-state index contributed by atoms with van der Waals surface area (Å²) in [5.41, 5.74) is 1.18. The van der Waals surface area contributed by atoms with E-state index in [1.807, 2.05) is 0 Å². The molecule has 0 aliphatic rings. The van der Waals surface area contributed by atoms with E-state index in [2.05, 4.69) is 20.0 Å². The first-order chi connectivity index (χ1) is 16.2. The minimum Gasteiger partial charge on any atom is -0.340 e. The van der Waals surface area contributed by atoms with Crippen LogP contribution in [0.25, 0.3) is 11.3 Å². The Hall–Kier alpha value is -3.57. The van der Waals surface area contributed by atoms with E-state index in [0.29, 0.717) is 27.4 Å². The first-order valence-electron chi connectivity index (χ1n) is 10.0. The Kier molecular flexibility index (Phi) is 6.75. The van der Waals surface area contributed by atoms with Gasteiger partial charge in [0, 0.05) is 29.2 Å². The quantitative estimate of drug-likeness (QED) is 0.353. The molecule has 0 fully saturated rings. The molecular weight excluding hydrogens is 470 g/mol. The van der Waals surface area contributed by atoms with Crippen LogP contribution in [-0.2, 0) is 23.7 Å². The Morgan fingerprint density at radius 2 is 1.85 bits per heavy atom. The number of hydrogen-bond acceptors (Lipinski definition) is 4. The molecule has 4 rings (SSSR count). The predicted octanol–water partition coefficient (Wildman–Crippen LogP) is 5.14. The first-order valence-corrected chi connectivity index (χ1v) is 11.2. The topological polar surface area (TPSA) is 71.8 Å². The highest BCUT2D eigenvalue weighted by Crippen LogP contribution is 2.33. The Bertz CT molecular complexity index is 1320. The Labute approximate surface area is 195 Å². The lowest BCUT2D eigenvalue weighted by molar-refractivity contribution is -0.137. The van der Waals surface area contributed by atoms with Gasteiger partial charge in [-0.1, -0.05) is 18.2 Å². The summed E-state index contributed by atoms with van der Waals surface area (Å²) in [7, 11) is 0.0802. The summed E-state index contributed by atoms with van der Waals surface area (Å²) in [5.74, 6) is -0.137. The van der Waals surface area contributed by atoms with Gasteiger partial charge in [0.25, 0.3) is 0 Å². The molecule has 6 nitrogen and oxygen atoms in total. The summed E-state index contributed by atoms with van der Waals surface area (Å²) in [5, 5.41) is 2.99. The van der Waals surface area contributed by atoms with Gasteiger partial charge in [0.05, 0.1) is 29.0 Å². The van der Waals surface area contributed by atoms with Gasteiger partial charge in [0.1, 0.15) is 22.6 Å². The number of imidazole rings is 1. The molecule has 1 atom stereocenters. The van der Waals surface area contributed by atoms with Gasteiger partial charge in [0.15, 0.2) is 0 Å². The molecule has 0 amide bonds. The molecule has 176 valence electrons. The van der Waals surface area contributed by atoms with Gasteiger partial charge in [-0.2, -0.15) is 13.2 Å². The molecule has 0 bridgehead atoms. The second-order valence-electron chi connectivity index (χ2n) is 7.26. The van der Waals surface area contributed by atoms with Gasteiger partial charge >= 0.3 is 6.18 Å². The zero-order valence-electron chi connectivity index (χ0n) is 17.8. The fraction of sp³-hybridized carbons (Fsp3) is 0.130. The third-order valence-electron chi connectivity index (χ3n) is 4.96. The van der Waals surface area contributed by atoms with E-state index in [1.54, 1.807) is 60.5 Å². The Balaban J connectivity index is 1.67. The molecule has 0 aliphatic heterocycles. The normalized spacial score (nSPS) is 12.5. The lowest BCUT2D eigenvalue weighted by Crippen LogP contribution is -2.10.